The lowest BCUT2D eigenvalue weighted by atomic mass is 10.2. The Balaban J connectivity index is 3.12. The first-order valence-corrected chi connectivity index (χ1v) is 7.80. The van der Waals surface area contributed by atoms with E-state index in [1.165, 1.54) is 32.1 Å². The third-order valence-electron chi connectivity index (χ3n) is 3.04. The minimum Gasteiger partial charge on any atom is -0.381 e. The average molecular weight is 272 g/mol. The van der Waals surface area contributed by atoms with E-state index in [0.29, 0.717) is 13.0 Å². The van der Waals surface area contributed by atoms with Gasteiger partial charge in [-0.3, -0.25) is 4.79 Å². The van der Waals surface area contributed by atoms with Crippen LogP contribution in [-0.4, -0.2) is 39.3 Å². The molecule has 0 heterocycles. The quantitative estimate of drug-likeness (QED) is 0.478. The van der Waals surface area contributed by atoms with Gasteiger partial charge in [-0.25, -0.2) is 0 Å². The molecule has 0 fully saturated rings. The monoisotopic (exact) mass is 272 g/mol. The Bertz CT molecular complexity index is 199. The summed E-state index contributed by atoms with van der Waals surface area (Å²) in [5.74, 6) is 0.117. The Morgan fingerprint density at radius 3 is 2.42 bits per heavy atom. The van der Waals surface area contributed by atoms with Crippen molar-refractivity contribution < 1.29 is 9.53 Å². The van der Waals surface area contributed by atoms with Crippen LogP contribution in [0.3, 0.4) is 0 Å². The minimum atomic E-state index is 0.117. The molecule has 0 spiro atoms. The molecule has 0 rings (SSSR count). The summed E-state index contributed by atoms with van der Waals surface area (Å²) < 4.78 is 5.45. The second-order valence-electron chi connectivity index (χ2n) is 4.94. The SMILES string of the molecule is CCCCCCNC(=O)CCOCCCCCNC. The molecule has 4 heteroatoms. The summed E-state index contributed by atoms with van der Waals surface area (Å²) >= 11 is 0. The summed E-state index contributed by atoms with van der Waals surface area (Å²) in [4.78, 5) is 11.5. The molecule has 0 atom stereocenters. The van der Waals surface area contributed by atoms with Gasteiger partial charge in [-0.05, 0) is 39.3 Å². The summed E-state index contributed by atoms with van der Waals surface area (Å²) in [6.45, 7) is 5.39. The molecule has 0 radical (unpaired) electrons. The fourth-order valence-electron chi connectivity index (χ4n) is 1.82. The van der Waals surface area contributed by atoms with Gasteiger partial charge in [-0.1, -0.05) is 26.2 Å². The van der Waals surface area contributed by atoms with Crippen LogP contribution in [0.5, 0.6) is 0 Å². The van der Waals surface area contributed by atoms with Gasteiger partial charge in [0.15, 0.2) is 0 Å². The molecule has 0 saturated carbocycles. The zero-order valence-electron chi connectivity index (χ0n) is 12.8. The van der Waals surface area contributed by atoms with Crippen LogP contribution in [0.15, 0.2) is 0 Å². The predicted octanol–water partition coefficient (Wildman–Crippen LogP) is 2.48. The van der Waals surface area contributed by atoms with Gasteiger partial charge in [0.2, 0.25) is 5.91 Å². The molecule has 2 N–H and O–H groups in total. The van der Waals surface area contributed by atoms with Crippen molar-refractivity contribution in [3.05, 3.63) is 0 Å². The number of hydrogen-bond donors (Lipinski definition) is 2. The molecule has 0 aliphatic heterocycles. The molecule has 0 aliphatic rings. The van der Waals surface area contributed by atoms with Gasteiger partial charge >= 0.3 is 0 Å². The maximum Gasteiger partial charge on any atom is 0.222 e. The van der Waals surface area contributed by atoms with Crippen molar-refractivity contribution in [2.45, 2.75) is 58.3 Å². The summed E-state index contributed by atoms with van der Waals surface area (Å²) in [6.07, 6.45) is 8.74. The van der Waals surface area contributed by atoms with Gasteiger partial charge in [0.05, 0.1) is 6.61 Å². The van der Waals surface area contributed by atoms with Gasteiger partial charge < -0.3 is 15.4 Å². The maximum atomic E-state index is 11.5. The fourth-order valence-corrected chi connectivity index (χ4v) is 1.82. The van der Waals surface area contributed by atoms with Crippen molar-refractivity contribution in [1.29, 1.82) is 0 Å². The normalized spacial score (nSPS) is 10.6. The van der Waals surface area contributed by atoms with Crippen LogP contribution in [0.1, 0.15) is 58.3 Å². The van der Waals surface area contributed by atoms with Crippen molar-refractivity contribution in [3.63, 3.8) is 0 Å². The maximum absolute atomic E-state index is 11.5. The van der Waals surface area contributed by atoms with Crippen LogP contribution in [0.4, 0.5) is 0 Å². The van der Waals surface area contributed by atoms with E-state index in [4.69, 9.17) is 4.74 Å². The first-order valence-electron chi connectivity index (χ1n) is 7.80. The van der Waals surface area contributed by atoms with E-state index < -0.39 is 0 Å². The summed E-state index contributed by atoms with van der Waals surface area (Å²) in [7, 11) is 1.97. The van der Waals surface area contributed by atoms with Gasteiger partial charge in [-0.15, -0.1) is 0 Å². The van der Waals surface area contributed by atoms with Crippen molar-refractivity contribution in [2.24, 2.45) is 0 Å². The van der Waals surface area contributed by atoms with Crippen LogP contribution in [0.25, 0.3) is 0 Å². The van der Waals surface area contributed by atoms with E-state index in [2.05, 4.69) is 17.6 Å². The third kappa shape index (κ3) is 15.3. The first-order chi connectivity index (χ1) is 9.31. The van der Waals surface area contributed by atoms with Crippen molar-refractivity contribution in [3.8, 4) is 0 Å². The highest BCUT2D eigenvalue weighted by molar-refractivity contribution is 5.75. The summed E-state index contributed by atoms with van der Waals surface area (Å²) in [6, 6.07) is 0. The molecule has 0 unspecified atom stereocenters. The Morgan fingerprint density at radius 1 is 0.947 bits per heavy atom. The van der Waals surface area contributed by atoms with Gasteiger partial charge in [0, 0.05) is 19.6 Å². The van der Waals surface area contributed by atoms with Crippen LogP contribution < -0.4 is 10.6 Å². The Hall–Kier alpha value is -0.610. The summed E-state index contributed by atoms with van der Waals surface area (Å²) in [5, 5.41) is 6.06. The zero-order valence-corrected chi connectivity index (χ0v) is 12.8. The molecule has 0 saturated heterocycles. The molecule has 0 aromatic heterocycles. The third-order valence-corrected chi connectivity index (χ3v) is 3.04. The average Bonchev–Trinajstić information content (AvgIpc) is 2.41. The highest BCUT2D eigenvalue weighted by Gasteiger charge is 2.00. The van der Waals surface area contributed by atoms with Crippen LogP contribution in [0.2, 0.25) is 0 Å². The number of nitrogens with one attached hydrogen (secondary N) is 2. The van der Waals surface area contributed by atoms with Crippen LogP contribution >= 0.6 is 0 Å². The molecule has 0 aromatic carbocycles. The smallest absolute Gasteiger partial charge is 0.222 e. The molecule has 0 aromatic rings. The molecule has 0 bridgehead atoms. The van der Waals surface area contributed by atoms with E-state index in [0.717, 1.165) is 32.5 Å². The number of amides is 1. The number of unbranched alkanes of at least 4 members (excludes halogenated alkanes) is 5. The number of hydrogen-bond acceptors (Lipinski definition) is 3. The number of rotatable bonds is 14. The van der Waals surface area contributed by atoms with Crippen molar-refractivity contribution in [2.75, 3.05) is 33.4 Å². The highest BCUT2D eigenvalue weighted by atomic mass is 16.5. The Kier molecular flexibility index (Phi) is 15.0. The first kappa shape index (κ1) is 18.4. The number of ether oxygens (including phenoxy) is 1. The fraction of sp³-hybridized carbons (Fsp3) is 0.933. The lowest BCUT2D eigenvalue weighted by Crippen LogP contribution is -2.25. The molecule has 19 heavy (non-hydrogen) atoms. The standard InChI is InChI=1S/C15H32N2O2/c1-3-4-5-8-12-17-15(18)10-14-19-13-9-6-7-11-16-2/h16H,3-14H2,1-2H3,(H,17,18). The largest absolute Gasteiger partial charge is 0.381 e. The highest BCUT2D eigenvalue weighted by Crippen LogP contribution is 1.97. The molecular formula is C15H32N2O2. The topological polar surface area (TPSA) is 50.4 Å². The summed E-state index contributed by atoms with van der Waals surface area (Å²) in [5.41, 5.74) is 0. The van der Waals surface area contributed by atoms with E-state index in [1.54, 1.807) is 0 Å². The second-order valence-corrected chi connectivity index (χ2v) is 4.94. The molecular weight excluding hydrogens is 240 g/mol. The zero-order chi connectivity index (χ0) is 14.2. The number of carbonyl (C=O) groups excluding carboxylic acids is 1. The Morgan fingerprint density at radius 2 is 1.68 bits per heavy atom. The van der Waals surface area contributed by atoms with E-state index >= 15 is 0 Å². The van der Waals surface area contributed by atoms with Crippen molar-refractivity contribution in [1.82, 2.24) is 10.6 Å². The molecule has 0 aliphatic carbocycles. The van der Waals surface area contributed by atoms with Crippen LogP contribution in [0, 0.1) is 0 Å². The van der Waals surface area contributed by atoms with Crippen LogP contribution in [-0.2, 0) is 9.53 Å². The second kappa shape index (κ2) is 15.4. The molecule has 114 valence electrons. The molecule has 1 amide bonds. The number of carbonyl (C=O) groups is 1. The van der Waals surface area contributed by atoms with Gasteiger partial charge in [-0.2, -0.15) is 0 Å². The predicted molar refractivity (Wildman–Crippen MR) is 80.4 cm³/mol. The van der Waals surface area contributed by atoms with E-state index in [1.807, 2.05) is 7.05 Å². The van der Waals surface area contributed by atoms with E-state index in [-0.39, 0.29) is 5.91 Å². The van der Waals surface area contributed by atoms with Gasteiger partial charge in [0.25, 0.3) is 0 Å². The minimum absolute atomic E-state index is 0.117. The van der Waals surface area contributed by atoms with E-state index in [9.17, 15) is 4.79 Å². The van der Waals surface area contributed by atoms with Gasteiger partial charge in [0.1, 0.15) is 0 Å². The lowest BCUT2D eigenvalue weighted by Gasteiger charge is -2.06. The van der Waals surface area contributed by atoms with Crippen molar-refractivity contribution >= 4 is 5.91 Å². The molecule has 4 nitrogen and oxygen atoms in total. The lowest BCUT2D eigenvalue weighted by molar-refractivity contribution is -0.122. The Labute approximate surface area is 118 Å².